The van der Waals surface area contributed by atoms with E-state index in [2.05, 4.69) is 30.6 Å². The molecule has 3 heterocycles. The molecule has 4 aromatic rings. The standard InChI is InChI=1S/C32H39N7O4S/c1-19-9-10-20(31(40)38-26-15-22(32(2,3)4)16-27(29(26)43-5)39-44(6,41)42)14-25(19)37-30-28-24(34-18-35-30)12-11-23(36-28)21-8-7-13-33-17-21/h9-12,14-16,18,21,33,39H,7-8,13,17H2,1-6H3,(H,38,40)(H,34,35,37). The van der Waals surface area contributed by atoms with Gasteiger partial charge in [0.15, 0.2) is 11.6 Å². The van der Waals surface area contributed by atoms with E-state index in [0.29, 0.717) is 34.2 Å². The van der Waals surface area contributed by atoms with Crippen molar-refractivity contribution in [3.05, 3.63) is 71.2 Å². The minimum atomic E-state index is -3.60. The minimum absolute atomic E-state index is 0.213. The van der Waals surface area contributed by atoms with Gasteiger partial charge >= 0.3 is 0 Å². The van der Waals surface area contributed by atoms with E-state index in [4.69, 9.17) is 9.72 Å². The molecule has 232 valence electrons. The summed E-state index contributed by atoms with van der Waals surface area (Å²) in [5.74, 6) is 0.708. The van der Waals surface area contributed by atoms with Crippen LogP contribution in [0.4, 0.5) is 22.9 Å². The van der Waals surface area contributed by atoms with E-state index < -0.39 is 10.0 Å². The monoisotopic (exact) mass is 617 g/mol. The van der Waals surface area contributed by atoms with Gasteiger partial charge in [0.05, 0.1) is 30.3 Å². The Balaban J connectivity index is 1.47. The number of carbonyl (C=O) groups excluding carboxylic acids is 1. The third-order valence-corrected chi connectivity index (χ3v) is 8.26. The van der Waals surface area contributed by atoms with Gasteiger partial charge in [-0.3, -0.25) is 9.52 Å². The number of benzene rings is 2. The highest BCUT2D eigenvalue weighted by Crippen LogP contribution is 2.39. The maximum Gasteiger partial charge on any atom is 0.255 e. The average Bonchev–Trinajstić information content (AvgIpc) is 2.97. The van der Waals surface area contributed by atoms with E-state index in [9.17, 15) is 13.2 Å². The lowest BCUT2D eigenvalue weighted by Gasteiger charge is -2.24. The van der Waals surface area contributed by atoms with Gasteiger partial charge in [0.1, 0.15) is 11.8 Å². The Morgan fingerprint density at radius 1 is 1.05 bits per heavy atom. The molecule has 2 aromatic heterocycles. The van der Waals surface area contributed by atoms with Crippen molar-refractivity contribution in [3.8, 4) is 5.75 Å². The predicted molar refractivity (Wildman–Crippen MR) is 175 cm³/mol. The lowest BCUT2D eigenvalue weighted by molar-refractivity contribution is 0.102. The number of hydrogen-bond acceptors (Lipinski definition) is 9. The predicted octanol–water partition coefficient (Wildman–Crippen LogP) is 5.47. The molecule has 1 amide bonds. The maximum atomic E-state index is 13.6. The summed E-state index contributed by atoms with van der Waals surface area (Å²) in [6, 6.07) is 12.9. The maximum absolute atomic E-state index is 13.6. The van der Waals surface area contributed by atoms with Crippen LogP contribution in [0, 0.1) is 6.92 Å². The van der Waals surface area contributed by atoms with Gasteiger partial charge in [-0.1, -0.05) is 26.8 Å². The van der Waals surface area contributed by atoms with Gasteiger partial charge in [-0.25, -0.2) is 23.4 Å². The smallest absolute Gasteiger partial charge is 0.255 e. The fourth-order valence-corrected chi connectivity index (χ4v) is 5.80. The lowest BCUT2D eigenvalue weighted by atomic mass is 9.86. The number of methoxy groups -OCH3 is 1. The number of sulfonamides is 1. The summed E-state index contributed by atoms with van der Waals surface area (Å²) in [6.45, 7) is 9.87. The Hall–Kier alpha value is -4.29. The number of fused-ring (bicyclic) bond motifs is 1. The molecule has 4 N–H and O–H groups in total. The zero-order valence-electron chi connectivity index (χ0n) is 25.9. The zero-order valence-corrected chi connectivity index (χ0v) is 26.7. The highest BCUT2D eigenvalue weighted by atomic mass is 32.2. The van der Waals surface area contributed by atoms with Crippen LogP contribution >= 0.6 is 0 Å². The molecule has 1 unspecified atom stereocenters. The second kappa shape index (κ2) is 12.4. The van der Waals surface area contributed by atoms with Crippen LogP contribution in [-0.2, 0) is 15.4 Å². The van der Waals surface area contributed by atoms with Gasteiger partial charge in [0.25, 0.3) is 5.91 Å². The number of nitrogens with one attached hydrogen (secondary N) is 4. The molecule has 1 saturated heterocycles. The third kappa shape index (κ3) is 7.08. The van der Waals surface area contributed by atoms with Crippen molar-refractivity contribution in [2.24, 2.45) is 0 Å². The number of rotatable bonds is 8. The minimum Gasteiger partial charge on any atom is -0.492 e. The van der Waals surface area contributed by atoms with Gasteiger partial charge < -0.3 is 20.7 Å². The quantitative estimate of drug-likeness (QED) is 0.202. The zero-order chi connectivity index (χ0) is 31.6. The van der Waals surface area contributed by atoms with E-state index >= 15 is 0 Å². The summed E-state index contributed by atoms with van der Waals surface area (Å²) in [5, 5.41) is 9.76. The molecule has 0 radical (unpaired) electrons. The summed E-state index contributed by atoms with van der Waals surface area (Å²) >= 11 is 0. The Labute approximate surface area is 258 Å². The molecular weight excluding hydrogens is 578 g/mol. The van der Waals surface area contributed by atoms with Crippen molar-refractivity contribution >= 4 is 49.8 Å². The van der Waals surface area contributed by atoms with Crippen LogP contribution in [0.5, 0.6) is 5.75 Å². The molecule has 5 rings (SSSR count). The van der Waals surface area contributed by atoms with Crippen molar-refractivity contribution in [2.45, 2.75) is 51.9 Å². The first-order valence-corrected chi connectivity index (χ1v) is 16.4. The van der Waals surface area contributed by atoms with Gasteiger partial charge in [-0.2, -0.15) is 0 Å². The number of hydrogen-bond donors (Lipinski definition) is 4. The van der Waals surface area contributed by atoms with Crippen molar-refractivity contribution in [1.82, 2.24) is 20.3 Å². The van der Waals surface area contributed by atoms with Crippen molar-refractivity contribution in [2.75, 3.05) is 41.8 Å². The molecule has 11 nitrogen and oxygen atoms in total. The van der Waals surface area contributed by atoms with Crippen molar-refractivity contribution in [1.29, 1.82) is 0 Å². The number of pyridine rings is 1. The van der Waals surface area contributed by atoms with Crippen molar-refractivity contribution < 1.29 is 17.9 Å². The topological polar surface area (TPSA) is 147 Å². The molecule has 0 aliphatic carbocycles. The molecule has 0 bridgehead atoms. The Morgan fingerprint density at radius 3 is 2.50 bits per heavy atom. The van der Waals surface area contributed by atoms with E-state index in [0.717, 1.165) is 54.5 Å². The Morgan fingerprint density at radius 2 is 1.82 bits per heavy atom. The first kappa shape index (κ1) is 31.1. The van der Waals surface area contributed by atoms with Crippen LogP contribution in [0.15, 0.2) is 48.8 Å². The highest BCUT2D eigenvalue weighted by Gasteiger charge is 2.23. The van der Waals surface area contributed by atoms with Crippen molar-refractivity contribution in [3.63, 3.8) is 0 Å². The van der Waals surface area contributed by atoms with Crippen LogP contribution < -0.4 is 25.4 Å². The average molecular weight is 618 g/mol. The van der Waals surface area contributed by atoms with Crippen LogP contribution in [0.25, 0.3) is 11.0 Å². The first-order chi connectivity index (χ1) is 20.8. The second-order valence-electron chi connectivity index (χ2n) is 12.2. The fraction of sp³-hybridized carbons (Fsp3) is 0.375. The van der Waals surface area contributed by atoms with Gasteiger partial charge in [0.2, 0.25) is 10.0 Å². The van der Waals surface area contributed by atoms with Crippen LogP contribution in [-0.4, -0.2) is 55.7 Å². The number of carbonyl (C=O) groups is 1. The van der Waals surface area contributed by atoms with Gasteiger partial charge in [-0.05, 0) is 79.3 Å². The number of aryl methyl sites for hydroxylation is 1. The molecular formula is C32H39N7O4S. The summed E-state index contributed by atoms with van der Waals surface area (Å²) in [6.07, 6.45) is 4.75. The summed E-state index contributed by atoms with van der Waals surface area (Å²) in [7, 11) is -2.17. The first-order valence-electron chi connectivity index (χ1n) is 14.5. The fourth-order valence-electron chi connectivity index (χ4n) is 5.25. The SMILES string of the molecule is COc1c(NC(=O)c2ccc(C)c(Nc3ncnc4ccc(C5CCCNC5)nc34)c2)cc(C(C)(C)C)cc1NS(C)(=O)=O. The number of aromatic nitrogens is 3. The van der Waals surface area contributed by atoms with Gasteiger partial charge in [-0.15, -0.1) is 0 Å². The van der Waals surface area contributed by atoms with E-state index in [1.165, 1.54) is 13.4 Å². The molecule has 1 atom stereocenters. The largest absolute Gasteiger partial charge is 0.492 e. The van der Waals surface area contributed by atoms with E-state index in [1.54, 1.807) is 24.3 Å². The molecule has 1 fully saturated rings. The molecule has 0 spiro atoms. The summed E-state index contributed by atoms with van der Waals surface area (Å²) < 4.78 is 32.3. The molecule has 0 saturated carbocycles. The molecule has 1 aliphatic rings. The van der Waals surface area contributed by atoms with E-state index in [-0.39, 0.29) is 22.8 Å². The number of nitrogens with zero attached hydrogens (tertiary/aromatic N) is 3. The number of amides is 1. The van der Waals surface area contributed by atoms with Gasteiger partial charge in [0, 0.05) is 29.4 Å². The normalized spacial score (nSPS) is 15.5. The number of anilines is 4. The highest BCUT2D eigenvalue weighted by molar-refractivity contribution is 7.92. The Bertz CT molecular complexity index is 1810. The van der Waals surface area contributed by atoms with E-state index in [1.807, 2.05) is 45.9 Å². The Kier molecular flexibility index (Phi) is 8.76. The second-order valence-corrected chi connectivity index (χ2v) is 14.0. The van der Waals surface area contributed by atoms with Crippen LogP contribution in [0.2, 0.25) is 0 Å². The van der Waals surface area contributed by atoms with Crippen LogP contribution in [0.1, 0.15) is 66.7 Å². The summed E-state index contributed by atoms with van der Waals surface area (Å²) in [4.78, 5) is 27.5. The molecule has 1 aliphatic heterocycles. The molecule has 12 heteroatoms. The number of ether oxygens (including phenoxy) is 1. The summed E-state index contributed by atoms with van der Waals surface area (Å²) in [5.41, 5.74) is 5.47. The van der Waals surface area contributed by atoms with Crippen LogP contribution in [0.3, 0.4) is 0 Å². The third-order valence-electron chi connectivity index (χ3n) is 7.67. The molecule has 44 heavy (non-hydrogen) atoms. The number of piperidine rings is 1. The lowest BCUT2D eigenvalue weighted by Crippen LogP contribution is -2.28. The molecule has 2 aromatic carbocycles.